The Morgan fingerprint density at radius 1 is 1.24 bits per heavy atom. The molecule has 1 aliphatic heterocycles. The van der Waals surface area contributed by atoms with Crippen LogP contribution in [0.3, 0.4) is 0 Å². The molecule has 2 heterocycles. The number of ether oxygens (including phenoxy) is 1. The van der Waals surface area contributed by atoms with Gasteiger partial charge in [0.05, 0.1) is 36.9 Å². The van der Waals surface area contributed by atoms with Crippen LogP contribution in [0.1, 0.15) is 17.0 Å². The van der Waals surface area contributed by atoms with E-state index in [0.29, 0.717) is 6.54 Å². The Hall–Kier alpha value is -1.90. The summed E-state index contributed by atoms with van der Waals surface area (Å²) in [5.41, 5.74) is 4.51. The molecule has 21 heavy (non-hydrogen) atoms. The smallest absolute Gasteiger partial charge is 0.125 e. The van der Waals surface area contributed by atoms with E-state index in [9.17, 15) is 0 Å². The molecule has 0 atom stereocenters. The molecule has 2 aromatic rings. The third-order valence-corrected chi connectivity index (χ3v) is 4.14. The van der Waals surface area contributed by atoms with Crippen molar-refractivity contribution < 1.29 is 4.74 Å². The highest BCUT2D eigenvalue weighted by Crippen LogP contribution is 2.21. The molecule has 5 nitrogen and oxygen atoms in total. The van der Waals surface area contributed by atoms with Crippen molar-refractivity contribution in [3.05, 3.63) is 29.1 Å². The molecule has 5 heteroatoms. The van der Waals surface area contributed by atoms with Gasteiger partial charge in [-0.2, -0.15) is 5.26 Å². The van der Waals surface area contributed by atoms with Crippen molar-refractivity contribution >= 4 is 11.0 Å². The van der Waals surface area contributed by atoms with Crippen molar-refractivity contribution in [2.45, 2.75) is 26.9 Å². The second kappa shape index (κ2) is 5.84. The van der Waals surface area contributed by atoms with E-state index in [4.69, 9.17) is 15.0 Å². The van der Waals surface area contributed by atoms with Crippen LogP contribution >= 0.6 is 0 Å². The third-order valence-electron chi connectivity index (χ3n) is 4.14. The average Bonchev–Trinajstić information content (AvgIpc) is 2.79. The Balaban J connectivity index is 2.00. The summed E-state index contributed by atoms with van der Waals surface area (Å²) in [5.74, 6) is 0.971. The molecule has 1 aromatic carbocycles. The number of hydrogen-bond donors (Lipinski definition) is 0. The number of hydrogen-bond acceptors (Lipinski definition) is 4. The van der Waals surface area contributed by atoms with Crippen LogP contribution < -0.4 is 0 Å². The Kier molecular flexibility index (Phi) is 3.91. The van der Waals surface area contributed by atoms with Gasteiger partial charge in [-0.25, -0.2) is 4.98 Å². The van der Waals surface area contributed by atoms with E-state index in [1.165, 1.54) is 11.1 Å². The zero-order valence-electron chi connectivity index (χ0n) is 12.6. The van der Waals surface area contributed by atoms with Gasteiger partial charge >= 0.3 is 0 Å². The molecule has 0 unspecified atom stereocenters. The zero-order valence-corrected chi connectivity index (χ0v) is 12.6. The van der Waals surface area contributed by atoms with E-state index in [0.717, 1.165) is 49.7 Å². The molecule has 0 radical (unpaired) electrons. The number of aryl methyl sites for hydroxylation is 2. The van der Waals surface area contributed by atoms with Crippen molar-refractivity contribution in [2.24, 2.45) is 0 Å². The fraction of sp³-hybridized carbons (Fsp3) is 0.500. The Labute approximate surface area is 124 Å². The van der Waals surface area contributed by atoms with Crippen LogP contribution in [0.4, 0.5) is 0 Å². The molecule has 1 aromatic heterocycles. The fourth-order valence-electron chi connectivity index (χ4n) is 2.76. The molecule has 0 N–H and O–H groups in total. The van der Waals surface area contributed by atoms with Gasteiger partial charge in [0, 0.05) is 13.1 Å². The lowest BCUT2D eigenvalue weighted by molar-refractivity contribution is 0.0327. The predicted octanol–water partition coefficient (Wildman–Crippen LogP) is 2.01. The van der Waals surface area contributed by atoms with Gasteiger partial charge in [-0.15, -0.1) is 0 Å². The number of fused-ring (bicyclic) bond motifs is 1. The molecule has 3 rings (SSSR count). The van der Waals surface area contributed by atoms with Crippen molar-refractivity contribution in [1.82, 2.24) is 14.5 Å². The highest BCUT2D eigenvalue weighted by molar-refractivity contribution is 5.78. The van der Waals surface area contributed by atoms with Gasteiger partial charge < -0.3 is 9.30 Å². The number of nitriles is 1. The molecule has 0 aliphatic carbocycles. The molecule has 1 saturated heterocycles. The van der Waals surface area contributed by atoms with Gasteiger partial charge in [0.25, 0.3) is 0 Å². The Bertz CT molecular complexity index is 692. The van der Waals surface area contributed by atoms with Crippen LogP contribution in [-0.2, 0) is 17.8 Å². The highest BCUT2D eigenvalue weighted by Gasteiger charge is 2.17. The van der Waals surface area contributed by atoms with Gasteiger partial charge in [-0.1, -0.05) is 0 Å². The molecule has 0 amide bonds. The summed E-state index contributed by atoms with van der Waals surface area (Å²) >= 11 is 0. The van der Waals surface area contributed by atoms with Crippen LogP contribution in [0.5, 0.6) is 0 Å². The van der Waals surface area contributed by atoms with Gasteiger partial charge in [0.2, 0.25) is 0 Å². The summed E-state index contributed by atoms with van der Waals surface area (Å²) in [6.45, 7) is 8.71. The zero-order chi connectivity index (χ0) is 14.8. The van der Waals surface area contributed by atoms with Crippen LogP contribution in [0.15, 0.2) is 12.1 Å². The molecule has 0 saturated carbocycles. The Morgan fingerprint density at radius 3 is 2.67 bits per heavy atom. The average molecular weight is 284 g/mol. The van der Waals surface area contributed by atoms with Crippen LogP contribution in [-0.4, -0.2) is 40.8 Å². The highest BCUT2D eigenvalue weighted by atomic mass is 16.5. The van der Waals surface area contributed by atoms with Crippen LogP contribution in [0.2, 0.25) is 0 Å². The summed E-state index contributed by atoms with van der Waals surface area (Å²) < 4.78 is 7.42. The minimum Gasteiger partial charge on any atom is -0.379 e. The van der Waals surface area contributed by atoms with E-state index in [2.05, 4.69) is 36.9 Å². The van der Waals surface area contributed by atoms with Crippen molar-refractivity contribution in [3.63, 3.8) is 0 Å². The summed E-state index contributed by atoms with van der Waals surface area (Å²) in [4.78, 5) is 7.09. The van der Waals surface area contributed by atoms with E-state index in [-0.39, 0.29) is 0 Å². The first-order valence-electron chi connectivity index (χ1n) is 7.32. The maximum absolute atomic E-state index is 9.12. The molecule has 0 spiro atoms. The standard InChI is InChI=1S/C16H20N4O/c1-12-9-14-15(10-13(12)2)20(4-3-17)16(18-14)11-19-5-7-21-8-6-19/h9-10H,4-8,11H2,1-2H3. The number of morpholine rings is 1. The summed E-state index contributed by atoms with van der Waals surface area (Å²) in [7, 11) is 0. The van der Waals surface area contributed by atoms with E-state index < -0.39 is 0 Å². The number of nitrogens with zero attached hydrogens (tertiary/aromatic N) is 4. The summed E-state index contributed by atoms with van der Waals surface area (Å²) in [5, 5.41) is 9.12. The quantitative estimate of drug-likeness (QED) is 0.865. The number of rotatable bonds is 3. The largest absolute Gasteiger partial charge is 0.379 e. The number of aromatic nitrogens is 2. The lowest BCUT2D eigenvalue weighted by Crippen LogP contribution is -2.36. The Morgan fingerprint density at radius 2 is 1.95 bits per heavy atom. The maximum Gasteiger partial charge on any atom is 0.125 e. The third kappa shape index (κ3) is 2.78. The molecule has 0 bridgehead atoms. The monoisotopic (exact) mass is 284 g/mol. The van der Waals surface area contributed by atoms with Crippen LogP contribution in [0.25, 0.3) is 11.0 Å². The first kappa shape index (κ1) is 14.1. The normalized spacial score (nSPS) is 16.2. The number of benzene rings is 1. The van der Waals surface area contributed by atoms with Gasteiger partial charge in [0.1, 0.15) is 12.4 Å². The van der Waals surface area contributed by atoms with Gasteiger partial charge in [-0.05, 0) is 37.1 Å². The summed E-state index contributed by atoms with van der Waals surface area (Å²) in [6, 6.07) is 6.50. The van der Waals surface area contributed by atoms with E-state index >= 15 is 0 Å². The molecule has 1 fully saturated rings. The van der Waals surface area contributed by atoms with Gasteiger partial charge in [0.15, 0.2) is 0 Å². The maximum atomic E-state index is 9.12. The SMILES string of the molecule is Cc1cc2nc(CN3CCOCC3)n(CC#N)c2cc1C. The van der Waals surface area contributed by atoms with Crippen molar-refractivity contribution in [1.29, 1.82) is 5.26 Å². The first-order chi connectivity index (χ1) is 10.2. The van der Waals surface area contributed by atoms with Crippen molar-refractivity contribution in [2.75, 3.05) is 26.3 Å². The number of imidazole rings is 1. The predicted molar refractivity (Wildman–Crippen MR) is 80.9 cm³/mol. The van der Waals surface area contributed by atoms with Gasteiger partial charge in [-0.3, -0.25) is 4.90 Å². The minimum atomic E-state index is 0.346. The molecular formula is C16H20N4O. The lowest BCUT2D eigenvalue weighted by atomic mass is 10.1. The minimum absolute atomic E-state index is 0.346. The fourth-order valence-corrected chi connectivity index (χ4v) is 2.76. The van der Waals surface area contributed by atoms with Crippen LogP contribution in [0, 0.1) is 25.2 Å². The molecule has 110 valence electrons. The lowest BCUT2D eigenvalue weighted by Gasteiger charge is -2.26. The van der Waals surface area contributed by atoms with Crippen molar-refractivity contribution in [3.8, 4) is 6.07 Å². The first-order valence-corrected chi connectivity index (χ1v) is 7.32. The molecular weight excluding hydrogens is 264 g/mol. The summed E-state index contributed by atoms with van der Waals surface area (Å²) in [6.07, 6.45) is 0. The molecule has 1 aliphatic rings. The second-order valence-corrected chi connectivity index (χ2v) is 5.59. The van der Waals surface area contributed by atoms with E-state index in [1.54, 1.807) is 0 Å². The second-order valence-electron chi connectivity index (χ2n) is 5.59. The van der Waals surface area contributed by atoms with E-state index in [1.807, 2.05) is 4.57 Å². The topological polar surface area (TPSA) is 54.1 Å².